The van der Waals surface area contributed by atoms with E-state index in [1.807, 2.05) is 35.2 Å². The number of carbonyl (C=O) groups is 2. The summed E-state index contributed by atoms with van der Waals surface area (Å²) in [6, 6.07) is 12.9. The van der Waals surface area contributed by atoms with Crippen molar-refractivity contribution in [3.63, 3.8) is 0 Å². The van der Waals surface area contributed by atoms with E-state index in [4.69, 9.17) is 53.1 Å². The van der Waals surface area contributed by atoms with Gasteiger partial charge >= 0.3 is 5.97 Å². The number of amides is 1. The van der Waals surface area contributed by atoms with Crippen molar-refractivity contribution in [1.29, 1.82) is 0 Å². The Morgan fingerprint density at radius 2 is 1.16 bits per heavy atom. The van der Waals surface area contributed by atoms with Crippen molar-refractivity contribution >= 4 is 45.3 Å². The number of benzene rings is 3. The maximum atomic E-state index is 13.7. The van der Waals surface area contributed by atoms with Gasteiger partial charge in [-0.2, -0.15) is 8.70 Å². The van der Waals surface area contributed by atoms with Gasteiger partial charge in [-0.3, -0.25) is 14.6 Å². The number of nitrogens with zero attached hydrogens (tertiary/aromatic N) is 4. The van der Waals surface area contributed by atoms with Crippen molar-refractivity contribution in [3.8, 4) is 16.9 Å². The highest BCUT2D eigenvalue weighted by Gasteiger charge is 2.37. The smallest absolute Gasteiger partial charge is 0.313 e. The van der Waals surface area contributed by atoms with Gasteiger partial charge in [-0.15, -0.1) is 0 Å². The summed E-state index contributed by atoms with van der Waals surface area (Å²) in [5.41, 5.74) is 9.88. The molecule has 0 aliphatic carbocycles. The van der Waals surface area contributed by atoms with E-state index in [1.54, 1.807) is 25.2 Å². The van der Waals surface area contributed by atoms with Gasteiger partial charge in [0, 0.05) is 69.8 Å². The lowest BCUT2D eigenvalue weighted by molar-refractivity contribution is -0.136. The van der Waals surface area contributed by atoms with Crippen molar-refractivity contribution in [2.75, 3.05) is 172 Å². The average Bonchev–Trinajstić information content (AvgIpc) is 2.51. The molecule has 0 spiro atoms. The van der Waals surface area contributed by atoms with Gasteiger partial charge in [-0.25, -0.2) is 26.6 Å². The second kappa shape index (κ2) is 40.1. The van der Waals surface area contributed by atoms with E-state index in [-0.39, 0.29) is 55.4 Å². The summed E-state index contributed by atoms with van der Waals surface area (Å²) in [6.07, 6.45) is 5.02. The topological polar surface area (TPSA) is 239 Å². The number of carbonyl (C=O) groups excluding carboxylic acids is 2. The van der Waals surface area contributed by atoms with Crippen molar-refractivity contribution in [1.82, 2.24) is 14.5 Å². The van der Waals surface area contributed by atoms with Gasteiger partial charge in [0.25, 0.3) is 0 Å². The van der Waals surface area contributed by atoms with E-state index in [9.17, 15) is 35.6 Å². The normalized spacial score (nSPS) is 13.9. The maximum Gasteiger partial charge on any atom is 0.313 e. The van der Waals surface area contributed by atoms with E-state index in [0.717, 1.165) is 41.8 Å². The van der Waals surface area contributed by atoms with Gasteiger partial charge in [0.1, 0.15) is 5.84 Å². The molecule has 2 heterocycles. The molecule has 5 rings (SSSR count). The Kier molecular flexibility index (Phi) is 33.1. The number of ether oxygens (including phenoxy) is 11. The second-order valence-electron chi connectivity index (χ2n) is 19.5. The van der Waals surface area contributed by atoms with Crippen LogP contribution in [0.3, 0.4) is 0 Å². The van der Waals surface area contributed by atoms with Crippen LogP contribution in [0.15, 0.2) is 69.0 Å². The molecule has 0 aromatic heterocycles. The molecule has 1 saturated heterocycles. The molecule has 0 saturated carbocycles. The molecule has 0 radical (unpaired) electrons. The van der Waals surface area contributed by atoms with E-state index < -0.39 is 45.0 Å². The Hall–Kier alpha value is -5.49. The Labute approximate surface area is 496 Å². The molecule has 2 aliphatic heterocycles. The summed E-state index contributed by atoms with van der Waals surface area (Å²) in [4.78, 5) is 36.3. The quantitative estimate of drug-likeness (QED) is 0.00896. The number of esters is 1. The summed E-state index contributed by atoms with van der Waals surface area (Å²) in [5.74, 6) is -8.23. The number of sulfonamides is 1. The Morgan fingerprint density at radius 3 is 1.68 bits per heavy atom. The van der Waals surface area contributed by atoms with Crippen molar-refractivity contribution in [2.45, 2.75) is 57.3 Å². The summed E-state index contributed by atoms with van der Waals surface area (Å²) in [5, 5.41) is 3.33. The molecule has 2 aliphatic rings. The zero-order chi connectivity index (χ0) is 61.1. The SMILES string of the molecule is CCCN(CCC)C(=O)C1=Cc2ccc(-c3cccc(S(=O)(=O)N4CC(CCC(=NC)NCCOCCOCCOCCOCCOCCOCCOCCOCCOCCOCCC(=O)Oc5cc(F)c(F)c(F)c5F)C4)c3)cc2N=C(N)C1. The lowest BCUT2D eigenvalue weighted by Crippen LogP contribution is -2.50. The van der Waals surface area contributed by atoms with Gasteiger partial charge < -0.3 is 68.1 Å². The predicted octanol–water partition coefficient (Wildman–Crippen LogP) is 6.51. The number of fused-ring (bicyclic) bond motifs is 1. The molecule has 0 bridgehead atoms. The van der Waals surface area contributed by atoms with Crippen molar-refractivity contribution in [3.05, 3.63) is 82.9 Å². The third-order valence-corrected chi connectivity index (χ3v) is 14.8. The van der Waals surface area contributed by atoms with Crippen LogP contribution in [-0.2, 0) is 67.0 Å². The van der Waals surface area contributed by atoms with Crippen LogP contribution in [-0.4, -0.2) is 213 Å². The summed E-state index contributed by atoms with van der Waals surface area (Å²) < 4.78 is 141. The Morgan fingerprint density at radius 1 is 0.659 bits per heavy atom. The molecule has 3 aromatic carbocycles. The molecule has 1 fully saturated rings. The monoisotopic (exact) mass is 1220 g/mol. The maximum absolute atomic E-state index is 13.7. The van der Waals surface area contributed by atoms with Crippen LogP contribution in [0.25, 0.3) is 17.2 Å². The molecule has 21 nitrogen and oxygen atoms in total. The number of nitrogens with two attached hydrogens (primary N) is 1. The highest BCUT2D eigenvalue weighted by molar-refractivity contribution is 7.89. The van der Waals surface area contributed by atoms with Gasteiger partial charge in [-0.05, 0) is 60.6 Å². The van der Waals surface area contributed by atoms with Crippen LogP contribution in [0, 0.1) is 29.2 Å². The molecule has 474 valence electrons. The lowest BCUT2D eigenvalue weighted by Gasteiger charge is -2.38. The number of rotatable bonds is 45. The minimum absolute atomic E-state index is 0.0287. The Balaban J connectivity index is 0.760. The second-order valence-corrected chi connectivity index (χ2v) is 21.5. The molecule has 3 aromatic rings. The molecule has 0 unspecified atom stereocenters. The molecule has 1 amide bonds. The standard InChI is InChI=1S/C59H84F4N6O15S/c1-4-15-68(16-5-2)59(71)48-37-47-11-10-46(39-51(47)67-53(64)40-48)45-7-6-8-49(38-45)85(72,73)69-42-44(43-69)9-12-54(65-3)66-14-18-75-20-22-77-24-26-79-28-30-81-32-34-83-36-35-82-33-31-80-29-27-78-25-23-76-21-19-74-17-13-55(70)84-52-41-50(60)56(61)58(63)57(52)62/h6-8,10-11,37-39,41,44H,4-5,9,12-36,40,42-43H2,1-3H3,(H2,64,67)(H,65,66). The molecular weight excluding hydrogens is 1140 g/mol. The van der Waals surface area contributed by atoms with Crippen LogP contribution in [0.5, 0.6) is 5.75 Å². The molecule has 3 N–H and O–H groups in total. The number of aliphatic imine (C=N–C) groups is 2. The number of halogens is 4. The van der Waals surface area contributed by atoms with Crippen LogP contribution >= 0.6 is 0 Å². The van der Waals surface area contributed by atoms with Crippen LogP contribution in [0.2, 0.25) is 0 Å². The first-order valence-electron chi connectivity index (χ1n) is 28.8. The molecule has 85 heavy (non-hydrogen) atoms. The van der Waals surface area contributed by atoms with E-state index in [0.29, 0.717) is 169 Å². The van der Waals surface area contributed by atoms with Gasteiger partial charge in [0.2, 0.25) is 27.6 Å². The summed E-state index contributed by atoms with van der Waals surface area (Å²) in [7, 11) is -1.97. The average molecular weight is 1230 g/mol. The number of hydrogen-bond acceptors (Lipinski definition) is 18. The van der Waals surface area contributed by atoms with E-state index in [1.165, 1.54) is 4.31 Å². The molecular formula is C59H84F4N6O15S. The van der Waals surface area contributed by atoms with Crippen LogP contribution in [0.1, 0.15) is 57.9 Å². The van der Waals surface area contributed by atoms with Crippen LogP contribution in [0.4, 0.5) is 23.2 Å². The highest BCUT2D eigenvalue weighted by Crippen LogP contribution is 2.35. The lowest BCUT2D eigenvalue weighted by atomic mass is 9.97. The fourth-order valence-electron chi connectivity index (χ4n) is 8.58. The van der Waals surface area contributed by atoms with Crippen LogP contribution < -0.4 is 15.8 Å². The van der Waals surface area contributed by atoms with Gasteiger partial charge in [0.15, 0.2) is 17.4 Å². The summed E-state index contributed by atoms with van der Waals surface area (Å²) in [6.45, 7) is 14.1. The Bertz CT molecular complexity index is 2700. The largest absolute Gasteiger partial charge is 0.423 e. The number of nitrogens with one attached hydrogen (secondary N) is 1. The minimum Gasteiger partial charge on any atom is -0.423 e. The fraction of sp³-hybridized carbons (Fsp3) is 0.593. The van der Waals surface area contributed by atoms with Crippen molar-refractivity contribution in [2.24, 2.45) is 21.6 Å². The van der Waals surface area contributed by atoms with E-state index >= 15 is 0 Å². The molecule has 26 heteroatoms. The third-order valence-electron chi connectivity index (χ3n) is 13.0. The zero-order valence-corrected chi connectivity index (χ0v) is 49.9. The van der Waals surface area contributed by atoms with Gasteiger partial charge in [0.05, 0.1) is 155 Å². The fourth-order valence-corrected chi connectivity index (χ4v) is 10.2. The minimum atomic E-state index is -3.71. The molecule has 0 atom stereocenters. The summed E-state index contributed by atoms with van der Waals surface area (Å²) >= 11 is 0. The number of amidine groups is 2. The van der Waals surface area contributed by atoms with Gasteiger partial charge in [-0.1, -0.05) is 38.1 Å². The highest BCUT2D eigenvalue weighted by atomic mass is 32.2. The van der Waals surface area contributed by atoms with E-state index in [2.05, 4.69) is 33.9 Å². The predicted molar refractivity (Wildman–Crippen MR) is 310 cm³/mol. The van der Waals surface area contributed by atoms with Crippen molar-refractivity contribution < 1.29 is 87.7 Å². The number of hydrogen-bond donors (Lipinski definition) is 2. The zero-order valence-electron chi connectivity index (χ0n) is 49.1. The third kappa shape index (κ3) is 25.4. The first kappa shape index (κ1) is 70.3. The first-order valence-corrected chi connectivity index (χ1v) is 30.3. The first-order chi connectivity index (χ1) is 41.2.